The second-order valence-corrected chi connectivity index (χ2v) is 3.83. The van der Waals surface area contributed by atoms with Gasteiger partial charge in [0.05, 0.1) is 6.21 Å². The highest BCUT2D eigenvalue weighted by molar-refractivity contribution is 5.85. The highest BCUT2D eigenvalue weighted by Crippen LogP contribution is 2.20. The molecule has 96 valence electrons. The molecule has 0 spiro atoms. The van der Waals surface area contributed by atoms with E-state index in [1.165, 1.54) is 6.92 Å². The Morgan fingerprint density at radius 1 is 1.28 bits per heavy atom. The number of hydrogen-bond donors (Lipinski definition) is 2. The standard InChI is InChI=1S/C12H16N4O2/c1-7-4-10(18-9(3)17)5-8(2)11(7)6-15-16-12(13)14/h4-6H,1-3H3,(H4,13,14,16). The molecule has 1 aromatic carbocycles. The van der Waals surface area contributed by atoms with E-state index < -0.39 is 0 Å². The second-order valence-electron chi connectivity index (χ2n) is 3.83. The van der Waals surface area contributed by atoms with Crippen molar-refractivity contribution in [3.63, 3.8) is 0 Å². The van der Waals surface area contributed by atoms with Gasteiger partial charge in [0.15, 0.2) is 0 Å². The van der Waals surface area contributed by atoms with Crippen LogP contribution >= 0.6 is 0 Å². The summed E-state index contributed by atoms with van der Waals surface area (Å²) >= 11 is 0. The van der Waals surface area contributed by atoms with E-state index in [-0.39, 0.29) is 11.9 Å². The van der Waals surface area contributed by atoms with Crippen molar-refractivity contribution in [2.45, 2.75) is 20.8 Å². The normalized spacial score (nSPS) is 10.4. The van der Waals surface area contributed by atoms with Crippen LogP contribution in [0.2, 0.25) is 0 Å². The van der Waals surface area contributed by atoms with Crippen molar-refractivity contribution in [2.24, 2.45) is 21.7 Å². The van der Waals surface area contributed by atoms with Gasteiger partial charge in [-0.2, -0.15) is 5.10 Å². The molecular weight excluding hydrogens is 232 g/mol. The van der Waals surface area contributed by atoms with E-state index in [1.807, 2.05) is 13.8 Å². The van der Waals surface area contributed by atoms with E-state index in [9.17, 15) is 4.79 Å². The third-order valence-corrected chi connectivity index (χ3v) is 2.19. The largest absolute Gasteiger partial charge is 0.427 e. The Morgan fingerprint density at radius 3 is 2.28 bits per heavy atom. The predicted octanol–water partition coefficient (Wildman–Crippen LogP) is 0.836. The molecule has 6 heteroatoms. The van der Waals surface area contributed by atoms with Crippen LogP contribution in [0.15, 0.2) is 22.3 Å². The Labute approximate surface area is 105 Å². The summed E-state index contributed by atoms with van der Waals surface area (Å²) in [7, 11) is 0. The molecule has 6 nitrogen and oxygen atoms in total. The van der Waals surface area contributed by atoms with Crippen LogP contribution in [0.3, 0.4) is 0 Å². The maximum atomic E-state index is 10.9. The summed E-state index contributed by atoms with van der Waals surface area (Å²) in [6, 6.07) is 3.51. The molecule has 0 saturated carbocycles. The molecule has 0 bridgehead atoms. The summed E-state index contributed by atoms with van der Waals surface area (Å²) in [5, 5.41) is 7.29. The molecule has 1 aromatic rings. The van der Waals surface area contributed by atoms with Gasteiger partial charge in [0.25, 0.3) is 0 Å². The Balaban J connectivity index is 3.05. The first kappa shape index (κ1) is 13.7. The number of carbonyl (C=O) groups excluding carboxylic acids is 1. The maximum Gasteiger partial charge on any atom is 0.308 e. The van der Waals surface area contributed by atoms with Crippen LogP contribution in [-0.2, 0) is 4.79 Å². The Morgan fingerprint density at radius 2 is 1.83 bits per heavy atom. The number of rotatable bonds is 3. The van der Waals surface area contributed by atoms with Gasteiger partial charge >= 0.3 is 5.97 Å². The first-order valence-corrected chi connectivity index (χ1v) is 5.31. The van der Waals surface area contributed by atoms with Crippen molar-refractivity contribution in [3.8, 4) is 5.75 Å². The van der Waals surface area contributed by atoms with Gasteiger partial charge < -0.3 is 16.2 Å². The number of nitrogens with zero attached hydrogens (tertiary/aromatic N) is 2. The number of carbonyl (C=O) groups is 1. The van der Waals surface area contributed by atoms with Crippen molar-refractivity contribution in [1.29, 1.82) is 0 Å². The van der Waals surface area contributed by atoms with Crippen LogP contribution in [0.4, 0.5) is 0 Å². The number of esters is 1. The Kier molecular flexibility index (Phi) is 4.42. The molecule has 18 heavy (non-hydrogen) atoms. The van der Waals surface area contributed by atoms with Crippen molar-refractivity contribution in [3.05, 3.63) is 28.8 Å². The van der Waals surface area contributed by atoms with Gasteiger partial charge in [0.2, 0.25) is 5.96 Å². The lowest BCUT2D eigenvalue weighted by molar-refractivity contribution is -0.131. The first-order chi connectivity index (χ1) is 8.40. The highest BCUT2D eigenvalue weighted by Gasteiger charge is 2.05. The van der Waals surface area contributed by atoms with Crippen LogP contribution in [0.25, 0.3) is 0 Å². The van der Waals surface area contributed by atoms with Crippen LogP contribution in [0.1, 0.15) is 23.6 Å². The minimum atomic E-state index is -0.351. The van der Waals surface area contributed by atoms with E-state index in [0.29, 0.717) is 5.75 Å². The number of benzene rings is 1. The molecule has 0 aliphatic heterocycles. The van der Waals surface area contributed by atoms with E-state index in [0.717, 1.165) is 16.7 Å². The molecule has 0 fully saturated rings. The minimum absolute atomic E-state index is 0.0990. The first-order valence-electron chi connectivity index (χ1n) is 5.31. The molecule has 0 aliphatic rings. The lowest BCUT2D eigenvalue weighted by Crippen LogP contribution is -2.21. The number of aryl methyl sites for hydroxylation is 2. The lowest BCUT2D eigenvalue weighted by Gasteiger charge is -2.08. The van der Waals surface area contributed by atoms with Crippen molar-refractivity contribution >= 4 is 18.1 Å². The van der Waals surface area contributed by atoms with E-state index >= 15 is 0 Å². The summed E-state index contributed by atoms with van der Waals surface area (Å²) in [5.74, 6) is 0.0605. The highest BCUT2D eigenvalue weighted by atomic mass is 16.5. The van der Waals surface area contributed by atoms with Crippen LogP contribution in [0.5, 0.6) is 5.75 Å². The van der Waals surface area contributed by atoms with Gasteiger partial charge in [-0.15, -0.1) is 5.10 Å². The van der Waals surface area contributed by atoms with Gasteiger partial charge in [-0.1, -0.05) is 0 Å². The molecule has 0 heterocycles. The summed E-state index contributed by atoms with van der Waals surface area (Å²) in [6.45, 7) is 5.13. The zero-order chi connectivity index (χ0) is 13.7. The van der Waals surface area contributed by atoms with E-state index in [4.69, 9.17) is 16.2 Å². The Hall–Kier alpha value is -2.37. The molecule has 0 atom stereocenters. The minimum Gasteiger partial charge on any atom is -0.427 e. The SMILES string of the molecule is CC(=O)Oc1cc(C)c(C=NN=C(N)N)c(C)c1. The average Bonchev–Trinajstić information content (AvgIpc) is 2.20. The van der Waals surface area contributed by atoms with Crippen LogP contribution in [-0.4, -0.2) is 18.1 Å². The van der Waals surface area contributed by atoms with Crippen LogP contribution in [0, 0.1) is 13.8 Å². The quantitative estimate of drug-likeness (QED) is 0.272. The van der Waals surface area contributed by atoms with Crippen LogP contribution < -0.4 is 16.2 Å². The molecule has 0 aliphatic carbocycles. The molecule has 1 rings (SSSR count). The maximum absolute atomic E-state index is 10.9. The average molecular weight is 248 g/mol. The van der Waals surface area contributed by atoms with Gasteiger partial charge in [-0.05, 0) is 37.1 Å². The van der Waals surface area contributed by atoms with E-state index in [2.05, 4.69) is 10.2 Å². The summed E-state index contributed by atoms with van der Waals surface area (Å²) in [4.78, 5) is 10.9. The fourth-order valence-electron chi connectivity index (χ4n) is 1.52. The molecule has 4 N–H and O–H groups in total. The number of nitrogens with two attached hydrogens (primary N) is 2. The predicted molar refractivity (Wildman–Crippen MR) is 70.6 cm³/mol. The Bertz CT molecular complexity index is 494. The third kappa shape index (κ3) is 3.89. The molecule has 0 radical (unpaired) electrons. The number of ether oxygens (including phenoxy) is 1. The van der Waals surface area contributed by atoms with Gasteiger partial charge in [0, 0.05) is 12.5 Å². The van der Waals surface area contributed by atoms with Gasteiger partial charge in [-0.3, -0.25) is 4.79 Å². The smallest absolute Gasteiger partial charge is 0.308 e. The fraction of sp³-hybridized carbons (Fsp3) is 0.250. The number of guanidine groups is 1. The second kappa shape index (κ2) is 5.81. The van der Waals surface area contributed by atoms with Crippen molar-refractivity contribution in [1.82, 2.24) is 0 Å². The topological polar surface area (TPSA) is 103 Å². The lowest BCUT2D eigenvalue weighted by atomic mass is 10.0. The monoisotopic (exact) mass is 248 g/mol. The third-order valence-electron chi connectivity index (χ3n) is 2.19. The van der Waals surface area contributed by atoms with Gasteiger partial charge in [0.1, 0.15) is 5.75 Å². The summed E-state index contributed by atoms with van der Waals surface area (Å²) in [5.41, 5.74) is 13.1. The zero-order valence-corrected chi connectivity index (χ0v) is 10.6. The fourth-order valence-corrected chi connectivity index (χ4v) is 1.52. The van der Waals surface area contributed by atoms with Gasteiger partial charge in [-0.25, -0.2) is 0 Å². The summed E-state index contributed by atoms with van der Waals surface area (Å²) in [6.07, 6.45) is 1.56. The zero-order valence-electron chi connectivity index (χ0n) is 10.6. The number of hydrogen-bond acceptors (Lipinski definition) is 4. The van der Waals surface area contributed by atoms with Crippen molar-refractivity contribution < 1.29 is 9.53 Å². The molecule has 0 amide bonds. The van der Waals surface area contributed by atoms with Crippen molar-refractivity contribution in [2.75, 3.05) is 0 Å². The molecular formula is C12H16N4O2. The molecule has 0 aromatic heterocycles. The molecule has 0 unspecified atom stereocenters. The molecule has 0 saturated heterocycles. The summed E-state index contributed by atoms with van der Waals surface area (Å²) < 4.78 is 5.02. The van der Waals surface area contributed by atoms with E-state index in [1.54, 1.807) is 18.3 Å².